The molecule has 0 aliphatic carbocycles. The zero-order valence-corrected chi connectivity index (χ0v) is 9.19. The molecule has 0 unspecified atom stereocenters. The highest BCUT2D eigenvalue weighted by atomic mass is 32.1. The number of aromatic amines is 1. The minimum atomic E-state index is -0.485. The first-order valence-electron chi connectivity index (χ1n) is 4.39. The lowest BCUT2D eigenvalue weighted by molar-refractivity contribution is 0.0594. The van der Waals surface area contributed by atoms with Crippen LogP contribution in [0.2, 0.25) is 0 Å². The zero-order chi connectivity index (χ0) is 11.5. The van der Waals surface area contributed by atoms with E-state index in [4.69, 9.17) is 12.2 Å². The van der Waals surface area contributed by atoms with Crippen molar-refractivity contribution in [2.24, 2.45) is 0 Å². The molecule has 0 atom stereocenters. The molecule has 0 radical (unpaired) electrons. The van der Waals surface area contributed by atoms with Crippen LogP contribution in [0.25, 0.3) is 5.95 Å². The summed E-state index contributed by atoms with van der Waals surface area (Å²) in [5.41, 5.74) is 0.264. The number of carbonyl (C=O) groups excluding carboxylic acids is 1. The minimum Gasteiger partial charge on any atom is -0.464 e. The van der Waals surface area contributed by atoms with Crippen molar-refractivity contribution in [2.75, 3.05) is 7.11 Å². The highest BCUT2D eigenvalue weighted by Gasteiger charge is 2.11. The van der Waals surface area contributed by atoms with E-state index in [1.54, 1.807) is 18.5 Å². The summed E-state index contributed by atoms with van der Waals surface area (Å²) in [5.74, 6) is -0.0836. The molecule has 0 aliphatic heterocycles. The standard InChI is InChI=1S/C9H8N4O2S/c1-15-7(14)6-5-13(9(16)12-6)8-10-3-2-4-11-8/h2-5H,1H3,(H,12,16). The molecule has 0 aromatic carbocycles. The lowest BCUT2D eigenvalue weighted by Crippen LogP contribution is -2.01. The van der Waals surface area contributed by atoms with E-state index in [2.05, 4.69) is 19.7 Å². The highest BCUT2D eigenvalue weighted by molar-refractivity contribution is 7.71. The van der Waals surface area contributed by atoms with Crippen molar-refractivity contribution in [1.82, 2.24) is 19.5 Å². The monoisotopic (exact) mass is 236 g/mol. The highest BCUT2D eigenvalue weighted by Crippen LogP contribution is 2.05. The molecule has 82 valence electrons. The maximum absolute atomic E-state index is 11.3. The number of aromatic nitrogens is 4. The first-order valence-corrected chi connectivity index (χ1v) is 4.80. The van der Waals surface area contributed by atoms with Gasteiger partial charge in [-0.05, 0) is 18.3 Å². The number of hydrogen-bond donors (Lipinski definition) is 1. The van der Waals surface area contributed by atoms with Gasteiger partial charge in [0.1, 0.15) is 5.69 Å². The Morgan fingerprint density at radius 3 is 2.81 bits per heavy atom. The van der Waals surface area contributed by atoms with E-state index >= 15 is 0 Å². The molecule has 2 rings (SSSR count). The summed E-state index contributed by atoms with van der Waals surface area (Å²) < 4.78 is 6.41. The van der Waals surface area contributed by atoms with E-state index < -0.39 is 5.97 Å². The second kappa shape index (κ2) is 4.23. The Balaban J connectivity index is 2.48. The average Bonchev–Trinajstić information content (AvgIpc) is 2.71. The number of rotatable bonds is 2. The van der Waals surface area contributed by atoms with E-state index in [1.165, 1.54) is 17.9 Å². The minimum absolute atomic E-state index is 0.264. The van der Waals surface area contributed by atoms with Crippen LogP contribution >= 0.6 is 12.2 Å². The molecule has 0 spiro atoms. The maximum Gasteiger partial charge on any atom is 0.356 e. The molecule has 6 nitrogen and oxygen atoms in total. The SMILES string of the molecule is COC(=O)c1cn(-c2ncccn2)c(=S)[nH]1. The molecular weight excluding hydrogens is 228 g/mol. The number of ether oxygens (including phenoxy) is 1. The zero-order valence-electron chi connectivity index (χ0n) is 8.38. The van der Waals surface area contributed by atoms with Crippen LogP contribution < -0.4 is 0 Å². The van der Waals surface area contributed by atoms with Gasteiger partial charge in [0.2, 0.25) is 5.95 Å². The van der Waals surface area contributed by atoms with Crippen LogP contribution in [0.4, 0.5) is 0 Å². The lowest BCUT2D eigenvalue weighted by Gasteiger charge is -1.97. The van der Waals surface area contributed by atoms with Gasteiger partial charge in [-0.25, -0.2) is 14.8 Å². The Kier molecular flexibility index (Phi) is 2.78. The van der Waals surface area contributed by atoms with Gasteiger partial charge < -0.3 is 9.72 Å². The smallest absolute Gasteiger partial charge is 0.356 e. The maximum atomic E-state index is 11.3. The van der Waals surface area contributed by atoms with Gasteiger partial charge in [-0.1, -0.05) is 0 Å². The predicted octanol–water partition coefficient (Wildman–Crippen LogP) is 1.11. The van der Waals surface area contributed by atoms with Crippen LogP contribution in [0.3, 0.4) is 0 Å². The Morgan fingerprint density at radius 1 is 1.50 bits per heavy atom. The number of H-pyrrole nitrogens is 1. The van der Waals surface area contributed by atoms with Crippen molar-refractivity contribution < 1.29 is 9.53 Å². The molecule has 0 bridgehead atoms. The molecule has 0 saturated heterocycles. The largest absolute Gasteiger partial charge is 0.464 e. The fourth-order valence-corrected chi connectivity index (χ4v) is 1.42. The number of carbonyl (C=O) groups is 1. The Bertz CT molecular complexity index is 560. The molecule has 2 aromatic heterocycles. The fourth-order valence-electron chi connectivity index (χ4n) is 1.17. The van der Waals surface area contributed by atoms with Crippen LogP contribution in [0.1, 0.15) is 10.5 Å². The van der Waals surface area contributed by atoms with E-state index in [9.17, 15) is 4.79 Å². The number of methoxy groups -OCH3 is 1. The van der Waals surface area contributed by atoms with Gasteiger partial charge >= 0.3 is 5.97 Å². The Labute approximate surface area is 95.9 Å². The number of esters is 1. The quantitative estimate of drug-likeness (QED) is 0.624. The van der Waals surface area contributed by atoms with Gasteiger partial charge in [0.05, 0.1) is 7.11 Å². The molecule has 0 saturated carbocycles. The van der Waals surface area contributed by atoms with Crippen LogP contribution in [-0.4, -0.2) is 32.6 Å². The molecule has 16 heavy (non-hydrogen) atoms. The third kappa shape index (κ3) is 1.84. The molecule has 7 heteroatoms. The molecule has 1 N–H and O–H groups in total. The van der Waals surface area contributed by atoms with Crippen LogP contribution in [0, 0.1) is 4.77 Å². The van der Waals surface area contributed by atoms with Gasteiger partial charge in [-0.15, -0.1) is 0 Å². The van der Waals surface area contributed by atoms with Gasteiger partial charge in [0.25, 0.3) is 0 Å². The molecule has 0 aliphatic rings. The molecule has 0 amide bonds. The first kappa shape index (κ1) is 10.5. The topological polar surface area (TPSA) is 72.8 Å². The van der Waals surface area contributed by atoms with Gasteiger partial charge in [0.15, 0.2) is 4.77 Å². The molecule has 0 fully saturated rings. The van der Waals surface area contributed by atoms with Crippen molar-refractivity contribution in [3.63, 3.8) is 0 Å². The van der Waals surface area contributed by atoms with E-state index in [0.717, 1.165) is 0 Å². The van der Waals surface area contributed by atoms with E-state index in [0.29, 0.717) is 10.7 Å². The van der Waals surface area contributed by atoms with Crippen LogP contribution in [0.15, 0.2) is 24.7 Å². The van der Waals surface area contributed by atoms with Crippen molar-refractivity contribution >= 4 is 18.2 Å². The second-order valence-electron chi connectivity index (χ2n) is 2.88. The normalized spacial score (nSPS) is 10.1. The van der Waals surface area contributed by atoms with Gasteiger partial charge in [-0.3, -0.25) is 4.57 Å². The third-order valence-corrected chi connectivity index (χ3v) is 2.19. The summed E-state index contributed by atoms with van der Waals surface area (Å²) in [6, 6.07) is 1.70. The van der Waals surface area contributed by atoms with Crippen molar-refractivity contribution in [3.8, 4) is 5.95 Å². The van der Waals surface area contributed by atoms with Crippen molar-refractivity contribution in [2.45, 2.75) is 0 Å². The van der Waals surface area contributed by atoms with Crippen LogP contribution in [-0.2, 0) is 4.74 Å². The van der Waals surface area contributed by atoms with Gasteiger partial charge in [0, 0.05) is 18.6 Å². The Morgan fingerprint density at radius 2 is 2.19 bits per heavy atom. The number of nitrogens with one attached hydrogen (secondary N) is 1. The molecule has 2 aromatic rings. The molecule has 2 heterocycles. The third-order valence-electron chi connectivity index (χ3n) is 1.89. The number of nitrogens with zero attached hydrogens (tertiary/aromatic N) is 3. The summed E-state index contributed by atoms with van der Waals surface area (Å²) >= 11 is 5.04. The lowest BCUT2D eigenvalue weighted by atomic mass is 10.5. The van der Waals surface area contributed by atoms with Crippen molar-refractivity contribution in [1.29, 1.82) is 0 Å². The summed E-state index contributed by atoms with van der Waals surface area (Å²) in [4.78, 5) is 22.0. The number of hydrogen-bond acceptors (Lipinski definition) is 5. The number of imidazole rings is 1. The van der Waals surface area contributed by atoms with Crippen molar-refractivity contribution in [3.05, 3.63) is 35.1 Å². The predicted molar refractivity (Wildman–Crippen MR) is 57.9 cm³/mol. The van der Waals surface area contributed by atoms with E-state index in [1.807, 2.05) is 0 Å². The first-order chi connectivity index (χ1) is 7.72. The summed E-state index contributed by atoms with van der Waals surface area (Å²) in [6.45, 7) is 0. The fraction of sp³-hybridized carbons (Fsp3) is 0.111. The summed E-state index contributed by atoms with van der Waals surface area (Å²) in [6.07, 6.45) is 4.69. The Hall–Kier alpha value is -2.02. The van der Waals surface area contributed by atoms with Gasteiger partial charge in [-0.2, -0.15) is 0 Å². The average molecular weight is 236 g/mol. The summed E-state index contributed by atoms with van der Waals surface area (Å²) in [5, 5.41) is 0. The molecular formula is C9H8N4O2S. The summed E-state index contributed by atoms with van der Waals surface area (Å²) in [7, 11) is 1.30. The van der Waals surface area contributed by atoms with E-state index in [-0.39, 0.29) is 5.69 Å². The second-order valence-corrected chi connectivity index (χ2v) is 3.27. The van der Waals surface area contributed by atoms with Crippen LogP contribution in [0.5, 0.6) is 0 Å².